The fourth-order valence-corrected chi connectivity index (χ4v) is 2.33. The van der Waals surface area contributed by atoms with Crippen LogP contribution in [0.3, 0.4) is 0 Å². The monoisotopic (exact) mass is 283 g/mol. The van der Waals surface area contributed by atoms with Crippen LogP contribution in [0, 0.1) is 5.82 Å². The number of halogens is 1. The number of nitrogens with zero attached hydrogens (tertiary/aromatic N) is 1. The van der Waals surface area contributed by atoms with Crippen molar-refractivity contribution in [2.24, 2.45) is 0 Å². The molecular weight excluding hydrogens is 265 g/mol. The molecule has 5 nitrogen and oxygen atoms in total. The fourth-order valence-electron chi connectivity index (χ4n) is 2.33. The fraction of sp³-hybridized carbons (Fsp3) is 0.500. The summed E-state index contributed by atoms with van der Waals surface area (Å²) in [6, 6.07) is 3.81. The van der Waals surface area contributed by atoms with E-state index in [1.54, 1.807) is 0 Å². The van der Waals surface area contributed by atoms with Crippen molar-refractivity contribution < 1.29 is 24.1 Å². The number of carbonyl (C=O) groups excluding carboxylic acids is 1. The van der Waals surface area contributed by atoms with Gasteiger partial charge in [-0.3, -0.25) is 4.79 Å². The third-order valence-corrected chi connectivity index (χ3v) is 3.38. The lowest BCUT2D eigenvalue weighted by Gasteiger charge is -2.32. The minimum absolute atomic E-state index is 0.0143. The molecule has 1 fully saturated rings. The summed E-state index contributed by atoms with van der Waals surface area (Å²) in [6.45, 7) is 1.15. The Balaban J connectivity index is 1.98. The van der Waals surface area contributed by atoms with Gasteiger partial charge in [-0.25, -0.2) is 4.39 Å². The summed E-state index contributed by atoms with van der Waals surface area (Å²) in [4.78, 5) is 13.7. The average molecular weight is 283 g/mol. The van der Waals surface area contributed by atoms with E-state index in [-0.39, 0.29) is 30.6 Å². The number of phenols is 1. The van der Waals surface area contributed by atoms with E-state index in [0.29, 0.717) is 25.9 Å². The average Bonchev–Trinajstić information content (AvgIpc) is 2.45. The predicted molar refractivity (Wildman–Crippen MR) is 70.0 cm³/mol. The van der Waals surface area contributed by atoms with Gasteiger partial charge in [-0.2, -0.15) is 0 Å². The number of phenolic OH excluding ortho intramolecular Hbond substituents is 1. The highest BCUT2D eigenvalue weighted by atomic mass is 19.1. The van der Waals surface area contributed by atoms with E-state index in [2.05, 4.69) is 0 Å². The van der Waals surface area contributed by atoms with Crippen LogP contribution in [0.1, 0.15) is 23.2 Å². The number of aromatic hydroxyl groups is 1. The Hall–Kier alpha value is -1.66. The van der Waals surface area contributed by atoms with E-state index in [1.807, 2.05) is 0 Å². The highest BCUT2D eigenvalue weighted by Crippen LogP contribution is 2.24. The molecule has 20 heavy (non-hydrogen) atoms. The van der Waals surface area contributed by atoms with E-state index in [0.717, 1.165) is 6.07 Å². The number of rotatable bonds is 4. The molecule has 110 valence electrons. The molecule has 0 bridgehead atoms. The standard InChI is InChI=1S/C14H18FNO4/c15-11-2-1-3-12(18)13(11)14(19)16-6-4-10(5-7-16)20-9-8-17/h1-3,10,17-18H,4-9H2. The van der Waals surface area contributed by atoms with Crippen LogP contribution in [0.4, 0.5) is 4.39 Å². The number of hydrogen-bond acceptors (Lipinski definition) is 4. The van der Waals surface area contributed by atoms with Gasteiger partial charge in [0.15, 0.2) is 0 Å². The van der Waals surface area contributed by atoms with Crippen molar-refractivity contribution in [3.05, 3.63) is 29.6 Å². The normalized spacial score (nSPS) is 16.4. The van der Waals surface area contributed by atoms with E-state index in [1.165, 1.54) is 17.0 Å². The molecule has 0 aliphatic carbocycles. The van der Waals surface area contributed by atoms with Crippen molar-refractivity contribution in [3.8, 4) is 5.75 Å². The van der Waals surface area contributed by atoms with Gasteiger partial charge in [0, 0.05) is 13.1 Å². The Morgan fingerprint density at radius 1 is 1.40 bits per heavy atom. The van der Waals surface area contributed by atoms with Crippen LogP contribution in [0.25, 0.3) is 0 Å². The maximum atomic E-state index is 13.6. The Morgan fingerprint density at radius 2 is 2.10 bits per heavy atom. The molecule has 1 amide bonds. The lowest BCUT2D eigenvalue weighted by Crippen LogP contribution is -2.41. The summed E-state index contributed by atoms with van der Waals surface area (Å²) < 4.78 is 19.0. The number of aliphatic hydroxyl groups excluding tert-OH is 1. The molecule has 0 radical (unpaired) electrons. The number of aliphatic hydroxyl groups is 1. The van der Waals surface area contributed by atoms with Crippen molar-refractivity contribution in [1.29, 1.82) is 0 Å². The Labute approximate surface area is 116 Å². The van der Waals surface area contributed by atoms with Gasteiger partial charge in [0.25, 0.3) is 5.91 Å². The number of likely N-dealkylation sites (tertiary alicyclic amines) is 1. The van der Waals surface area contributed by atoms with Gasteiger partial charge in [0.2, 0.25) is 0 Å². The zero-order valence-electron chi connectivity index (χ0n) is 11.1. The summed E-state index contributed by atoms with van der Waals surface area (Å²) in [5, 5.41) is 18.3. The quantitative estimate of drug-likeness (QED) is 0.869. The molecule has 0 saturated carbocycles. The Kier molecular flexibility index (Phi) is 4.92. The molecule has 6 heteroatoms. The van der Waals surface area contributed by atoms with Gasteiger partial charge >= 0.3 is 0 Å². The van der Waals surface area contributed by atoms with Crippen molar-refractivity contribution >= 4 is 5.91 Å². The van der Waals surface area contributed by atoms with E-state index in [4.69, 9.17) is 9.84 Å². The minimum Gasteiger partial charge on any atom is -0.507 e. The molecule has 1 heterocycles. The minimum atomic E-state index is -0.714. The van der Waals surface area contributed by atoms with E-state index < -0.39 is 11.7 Å². The third kappa shape index (κ3) is 3.26. The van der Waals surface area contributed by atoms with Crippen molar-refractivity contribution in [2.75, 3.05) is 26.3 Å². The van der Waals surface area contributed by atoms with Crippen LogP contribution in [-0.2, 0) is 4.74 Å². The number of carbonyl (C=O) groups is 1. The van der Waals surface area contributed by atoms with Gasteiger partial charge in [-0.05, 0) is 25.0 Å². The van der Waals surface area contributed by atoms with E-state index in [9.17, 15) is 14.3 Å². The number of piperidine rings is 1. The van der Waals surface area contributed by atoms with Crippen molar-refractivity contribution in [1.82, 2.24) is 4.90 Å². The molecule has 2 rings (SSSR count). The first-order valence-corrected chi connectivity index (χ1v) is 6.62. The summed E-state index contributed by atoms with van der Waals surface area (Å²) in [5.41, 5.74) is -0.276. The molecular formula is C14H18FNO4. The highest BCUT2D eigenvalue weighted by Gasteiger charge is 2.27. The first kappa shape index (κ1) is 14.7. The van der Waals surface area contributed by atoms with Gasteiger partial charge in [-0.15, -0.1) is 0 Å². The lowest BCUT2D eigenvalue weighted by atomic mass is 10.1. The first-order chi connectivity index (χ1) is 9.63. The molecule has 0 spiro atoms. The van der Waals surface area contributed by atoms with Crippen LogP contribution in [0.15, 0.2) is 18.2 Å². The smallest absolute Gasteiger partial charge is 0.260 e. The zero-order valence-corrected chi connectivity index (χ0v) is 11.1. The zero-order chi connectivity index (χ0) is 14.5. The number of hydrogen-bond donors (Lipinski definition) is 2. The molecule has 2 N–H and O–H groups in total. The second-order valence-electron chi connectivity index (χ2n) is 4.72. The summed E-state index contributed by atoms with van der Waals surface area (Å²) in [7, 11) is 0. The molecule has 1 aromatic rings. The lowest BCUT2D eigenvalue weighted by molar-refractivity contribution is -0.00566. The first-order valence-electron chi connectivity index (χ1n) is 6.62. The van der Waals surface area contributed by atoms with Gasteiger partial charge in [-0.1, -0.05) is 6.07 Å². The number of benzene rings is 1. The third-order valence-electron chi connectivity index (χ3n) is 3.38. The maximum absolute atomic E-state index is 13.6. The molecule has 1 saturated heterocycles. The summed E-state index contributed by atoms with van der Waals surface area (Å²) >= 11 is 0. The van der Waals surface area contributed by atoms with Crippen molar-refractivity contribution in [2.45, 2.75) is 18.9 Å². The molecule has 1 aliphatic heterocycles. The summed E-state index contributed by atoms with van der Waals surface area (Å²) in [5.74, 6) is -1.55. The van der Waals surface area contributed by atoms with Crippen LogP contribution in [0.5, 0.6) is 5.75 Å². The predicted octanol–water partition coefficient (Wildman–Crippen LogP) is 1.14. The second kappa shape index (κ2) is 6.67. The second-order valence-corrected chi connectivity index (χ2v) is 4.72. The van der Waals surface area contributed by atoms with Crippen LogP contribution >= 0.6 is 0 Å². The summed E-state index contributed by atoms with van der Waals surface area (Å²) in [6.07, 6.45) is 1.29. The SMILES string of the molecule is O=C(c1c(O)cccc1F)N1CCC(OCCO)CC1. The Morgan fingerprint density at radius 3 is 2.70 bits per heavy atom. The number of ether oxygens (including phenoxy) is 1. The number of amides is 1. The molecule has 1 aromatic carbocycles. The maximum Gasteiger partial charge on any atom is 0.260 e. The molecule has 0 aromatic heterocycles. The molecule has 0 atom stereocenters. The van der Waals surface area contributed by atoms with Gasteiger partial charge in [0.1, 0.15) is 17.1 Å². The van der Waals surface area contributed by atoms with Crippen LogP contribution in [-0.4, -0.2) is 53.4 Å². The van der Waals surface area contributed by atoms with Crippen LogP contribution in [0.2, 0.25) is 0 Å². The molecule has 1 aliphatic rings. The van der Waals surface area contributed by atoms with E-state index >= 15 is 0 Å². The largest absolute Gasteiger partial charge is 0.507 e. The topological polar surface area (TPSA) is 70.0 Å². The van der Waals surface area contributed by atoms with Gasteiger partial charge in [0.05, 0.1) is 19.3 Å². The molecule has 0 unspecified atom stereocenters. The Bertz CT molecular complexity index is 452. The van der Waals surface area contributed by atoms with Crippen LogP contribution < -0.4 is 0 Å². The highest BCUT2D eigenvalue weighted by molar-refractivity contribution is 5.97. The van der Waals surface area contributed by atoms with Gasteiger partial charge < -0.3 is 19.8 Å². The van der Waals surface area contributed by atoms with Crippen molar-refractivity contribution in [3.63, 3.8) is 0 Å².